The van der Waals surface area contributed by atoms with Crippen LogP contribution in [0.25, 0.3) is 0 Å². The van der Waals surface area contributed by atoms with Crippen LogP contribution in [0.3, 0.4) is 0 Å². The van der Waals surface area contributed by atoms with E-state index in [1.165, 1.54) is 11.8 Å². The molecule has 0 saturated carbocycles. The van der Waals surface area contributed by atoms with Gasteiger partial charge in [-0.2, -0.15) is 0 Å². The van der Waals surface area contributed by atoms with Crippen molar-refractivity contribution in [3.05, 3.63) is 34.9 Å². The van der Waals surface area contributed by atoms with Crippen molar-refractivity contribution in [1.29, 1.82) is 0 Å². The van der Waals surface area contributed by atoms with Crippen molar-refractivity contribution >= 4 is 29.2 Å². The highest BCUT2D eigenvalue weighted by Gasteiger charge is 2.34. The number of nitrogens with zero attached hydrogens (tertiary/aromatic N) is 4. The van der Waals surface area contributed by atoms with E-state index in [4.69, 9.17) is 22.3 Å². The molecular weight excluding hydrogens is 382 g/mol. The summed E-state index contributed by atoms with van der Waals surface area (Å²) in [6, 6.07) is 3.89. The molecule has 1 aliphatic heterocycles. The Morgan fingerprint density at radius 2 is 2.07 bits per heavy atom. The lowest BCUT2D eigenvalue weighted by Crippen LogP contribution is -2.47. The maximum Gasteiger partial charge on any atom is 0.153 e. The van der Waals surface area contributed by atoms with Gasteiger partial charge in [-0.3, -0.25) is 0 Å². The molecule has 1 aliphatic rings. The fourth-order valence-electron chi connectivity index (χ4n) is 3.22. The van der Waals surface area contributed by atoms with E-state index in [1.54, 1.807) is 6.20 Å². The van der Waals surface area contributed by atoms with E-state index in [-0.39, 0.29) is 18.1 Å². The molecule has 0 spiro atoms. The monoisotopic (exact) mass is 407 g/mol. The second-order valence-electron chi connectivity index (χ2n) is 7.37. The number of nitrogens with two attached hydrogens (primary N) is 1. The van der Waals surface area contributed by atoms with Crippen molar-refractivity contribution in [2.24, 2.45) is 11.1 Å². The molecule has 0 bridgehead atoms. The van der Waals surface area contributed by atoms with E-state index in [2.05, 4.69) is 28.7 Å². The van der Waals surface area contributed by atoms with Gasteiger partial charge in [-0.15, -0.1) is 0 Å². The van der Waals surface area contributed by atoms with Gasteiger partial charge in [0.2, 0.25) is 0 Å². The second-order valence-corrected chi connectivity index (χ2v) is 8.76. The fourth-order valence-corrected chi connectivity index (χ4v) is 4.29. The topological polar surface area (TPSA) is 88.2 Å². The van der Waals surface area contributed by atoms with Crippen LogP contribution < -0.4 is 10.6 Å². The van der Waals surface area contributed by atoms with Crippen molar-refractivity contribution < 1.29 is 5.11 Å². The van der Waals surface area contributed by atoms with Crippen molar-refractivity contribution in [3.8, 4) is 0 Å². The van der Waals surface area contributed by atoms with Gasteiger partial charge < -0.3 is 15.7 Å². The molecule has 3 N–H and O–H groups in total. The van der Waals surface area contributed by atoms with Crippen molar-refractivity contribution in [2.45, 2.75) is 56.2 Å². The first-order chi connectivity index (χ1) is 12.8. The van der Waals surface area contributed by atoms with Gasteiger partial charge in [-0.05, 0) is 44.2 Å². The molecule has 6 nitrogen and oxygen atoms in total. The van der Waals surface area contributed by atoms with Crippen LogP contribution in [0.4, 0.5) is 5.82 Å². The van der Waals surface area contributed by atoms with Gasteiger partial charge >= 0.3 is 0 Å². The molecule has 1 saturated heterocycles. The Bertz CT molecular complexity index is 809. The molecule has 146 valence electrons. The quantitative estimate of drug-likeness (QED) is 0.734. The number of aliphatic hydroxyl groups excluding tert-OH is 1. The third kappa shape index (κ3) is 4.37. The minimum Gasteiger partial charge on any atom is -0.390 e. The van der Waals surface area contributed by atoms with E-state index in [1.807, 2.05) is 19.1 Å². The van der Waals surface area contributed by atoms with Gasteiger partial charge in [0.1, 0.15) is 15.9 Å². The Hall–Kier alpha value is -1.41. The summed E-state index contributed by atoms with van der Waals surface area (Å²) in [7, 11) is 0. The summed E-state index contributed by atoms with van der Waals surface area (Å²) in [5.41, 5.74) is 7.71. The second kappa shape index (κ2) is 8.31. The summed E-state index contributed by atoms with van der Waals surface area (Å²) < 4.78 is 0. The molecule has 27 heavy (non-hydrogen) atoms. The zero-order chi connectivity index (χ0) is 19.6. The van der Waals surface area contributed by atoms with Gasteiger partial charge in [0.25, 0.3) is 0 Å². The van der Waals surface area contributed by atoms with E-state index >= 15 is 0 Å². The highest BCUT2D eigenvalue weighted by atomic mass is 35.5. The largest absolute Gasteiger partial charge is 0.390 e. The number of anilines is 1. The number of rotatable bonds is 5. The van der Waals surface area contributed by atoms with E-state index in [9.17, 15) is 5.11 Å². The maximum absolute atomic E-state index is 9.88. The Morgan fingerprint density at radius 3 is 2.67 bits per heavy atom. The van der Waals surface area contributed by atoms with Gasteiger partial charge in [0.15, 0.2) is 5.82 Å². The number of aliphatic hydroxyl groups is 1. The first-order valence-corrected chi connectivity index (χ1v) is 10.3. The Labute approximate surface area is 169 Å². The molecule has 2 aromatic rings. The zero-order valence-electron chi connectivity index (χ0n) is 15.9. The molecule has 0 aliphatic carbocycles. The highest BCUT2D eigenvalue weighted by molar-refractivity contribution is 7.99. The van der Waals surface area contributed by atoms with E-state index in [0.717, 1.165) is 47.4 Å². The number of hydrogen-bond acceptors (Lipinski definition) is 7. The molecule has 3 rings (SSSR count). The standard InChI is InChI=1S/C19H26ClN5OS/c1-12-18(27-15-5-4-8-22-16(15)20)24-14(11-26)17(23-12)25-9-6-19(3,7-10-25)13(2)21/h4-5,8,13,26H,6-7,9-11,21H2,1-3H3/t13-/m0/s1. The summed E-state index contributed by atoms with van der Waals surface area (Å²) in [5.74, 6) is 0.767. The number of piperidine rings is 1. The van der Waals surface area contributed by atoms with Crippen LogP contribution in [0, 0.1) is 12.3 Å². The van der Waals surface area contributed by atoms with Crippen LogP contribution in [-0.4, -0.2) is 39.2 Å². The van der Waals surface area contributed by atoms with E-state index in [0.29, 0.717) is 10.8 Å². The van der Waals surface area contributed by atoms with Gasteiger partial charge in [-0.25, -0.2) is 15.0 Å². The van der Waals surface area contributed by atoms with Crippen LogP contribution in [0.15, 0.2) is 28.3 Å². The molecule has 3 heterocycles. The molecule has 0 radical (unpaired) electrons. The minimum atomic E-state index is -0.155. The van der Waals surface area contributed by atoms with Crippen LogP contribution in [0.1, 0.15) is 38.1 Å². The predicted molar refractivity (Wildman–Crippen MR) is 109 cm³/mol. The van der Waals surface area contributed by atoms with Crippen molar-refractivity contribution in [2.75, 3.05) is 18.0 Å². The number of halogens is 1. The molecule has 0 amide bonds. The average molecular weight is 408 g/mol. The van der Waals surface area contributed by atoms with Crippen molar-refractivity contribution in [3.63, 3.8) is 0 Å². The zero-order valence-corrected chi connectivity index (χ0v) is 17.5. The Balaban J connectivity index is 1.84. The lowest BCUT2D eigenvalue weighted by molar-refractivity contribution is 0.204. The van der Waals surface area contributed by atoms with Crippen LogP contribution in [-0.2, 0) is 6.61 Å². The van der Waals surface area contributed by atoms with Crippen LogP contribution in [0.5, 0.6) is 0 Å². The van der Waals surface area contributed by atoms with Crippen LogP contribution >= 0.6 is 23.4 Å². The smallest absolute Gasteiger partial charge is 0.153 e. The number of hydrogen-bond donors (Lipinski definition) is 2. The van der Waals surface area contributed by atoms with Crippen LogP contribution in [0.2, 0.25) is 5.15 Å². The van der Waals surface area contributed by atoms with E-state index < -0.39 is 0 Å². The third-order valence-electron chi connectivity index (χ3n) is 5.46. The Kier molecular flexibility index (Phi) is 6.25. The SMILES string of the molecule is Cc1nc(N2CCC(C)([C@H](C)N)CC2)c(CO)nc1Sc1cccnc1Cl. The third-order valence-corrected chi connectivity index (χ3v) is 7.01. The first kappa shape index (κ1) is 20.3. The summed E-state index contributed by atoms with van der Waals surface area (Å²) in [4.78, 5) is 16.6. The fraction of sp³-hybridized carbons (Fsp3) is 0.526. The first-order valence-electron chi connectivity index (χ1n) is 9.11. The average Bonchev–Trinajstić information content (AvgIpc) is 2.65. The number of aryl methyl sites for hydroxylation is 1. The van der Waals surface area contributed by atoms with Gasteiger partial charge in [0, 0.05) is 25.3 Å². The summed E-state index contributed by atoms with van der Waals surface area (Å²) in [5, 5.41) is 11.0. The molecule has 0 aromatic carbocycles. The minimum absolute atomic E-state index is 0.144. The Morgan fingerprint density at radius 1 is 1.37 bits per heavy atom. The summed E-state index contributed by atoms with van der Waals surface area (Å²) in [6.45, 7) is 7.82. The predicted octanol–water partition coefficient (Wildman–Crippen LogP) is 3.43. The molecule has 0 unspecified atom stereocenters. The molecular formula is C19H26ClN5OS. The molecule has 8 heteroatoms. The summed E-state index contributed by atoms with van der Waals surface area (Å²) >= 11 is 7.57. The summed E-state index contributed by atoms with van der Waals surface area (Å²) in [6.07, 6.45) is 3.65. The normalized spacial score (nSPS) is 17.8. The maximum atomic E-state index is 9.88. The lowest BCUT2D eigenvalue weighted by Gasteiger charge is -2.42. The number of aromatic nitrogens is 3. The number of pyridine rings is 1. The molecule has 2 aromatic heterocycles. The van der Waals surface area contributed by atoms with Gasteiger partial charge in [0.05, 0.1) is 17.2 Å². The molecule has 1 atom stereocenters. The highest BCUT2D eigenvalue weighted by Crippen LogP contribution is 2.37. The lowest BCUT2D eigenvalue weighted by atomic mass is 9.75. The van der Waals surface area contributed by atoms with Crippen molar-refractivity contribution in [1.82, 2.24) is 15.0 Å². The molecule has 1 fully saturated rings. The van der Waals surface area contributed by atoms with Gasteiger partial charge in [-0.1, -0.05) is 30.3 Å².